The third-order valence-electron chi connectivity index (χ3n) is 8.05. The molecule has 0 bridgehead atoms. The zero-order valence-corrected chi connectivity index (χ0v) is 20.4. The average molecular weight is 476 g/mol. The van der Waals surface area contributed by atoms with E-state index in [0.717, 1.165) is 52.4 Å². The van der Waals surface area contributed by atoms with Crippen molar-refractivity contribution in [3.05, 3.63) is 94.8 Å². The molecule has 1 aliphatic heterocycles. The van der Waals surface area contributed by atoms with E-state index in [1.165, 1.54) is 11.1 Å². The number of nitrogens with zero attached hydrogens (tertiary/aromatic N) is 4. The van der Waals surface area contributed by atoms with Crippen LogP contribution in [-0.2, 0) is 5.54 Å². The van der Waals surface area contributed by atoms with E-state index < -0.39 is 11.1 Å². The summed E-state index contributed by atoms with van der Waals surface area (Å²) in [5.74, 6) is 1.23. The van der Waals surface area contributed by atoms with Crippen molar-refractivity contribution < 1.29 is 5.11 Å². The summed E-state index contributed by atoms with van der Waals surface area (Å²) in [6, 6.07) is 20.9. The van der Waals surface area contributed by atoms with E-state index in [2.05, 4.69) is 64.7 Å². The van der Waals surface area contributed by atoms with Crippen LogP contribution in [0.15, 0.2) is 71.9 Å². The molecule has 0 atom stereocenters. The van der Waals surface area contributed by atoms with Gasteiger partial charge in [-0.2, -0.15) is 9.61 Å². The number of allylic oxidation sites excluding steroid dienone is 1. The normalized spacial score (nSPS) is 25.5. The number of aliphatic hydroxyl groups is 1. The minimum absolute atomic E-state index is 0.439. The summed E-state index contributed by atoms with van der Waals surface area (Å²) in [4.78, 5) is 9.78. The zero-order valence-electron chi connectivity index (χ0n) is 20.4. The van der Waals surface area contributed by atoms with E-state index in [9.17, 15) is 5.11 Å². The van der Waals surface area contributed by atoms with Crippen LogP contribution < -0.4 is 5.73 Å². The first-order chi connectivity index (χ1) is 17.4. The zero-order chi connectivity index (χ0) is 24.5. The van der Waals surface area contributed by atoms with Gasteiger partial charge >= 0.3 is 0 Å². The van der Waals surface area contributed by atoms with Gasteiger partial charge in [0, 0.05) is 29.8 Å². The van der Waals surface area contributed by atoms with Crippen molar-refractivity contribution in [1.82, 2.24) is 14.6 Å². The highest BCUT2D eigenvalue weighted by molar-refractivity contribution is 6.10. The summed E-state index contributed by atoms with van der Waals surface area (Å²) in [5, 5.41) is 15.5. The van der Waals surface area contributed by atoms with Crippen molar-refractivity contribution >= 4 is 28.8 Å². The van der Waals surface area contributed by atoms with E-state index in [4.69, 9.17) is 10.7 Å². The Hall–Kier alpha value is -3.61. The average Bonchev–Trinajstić information content (AvgIpc) is 3.68. The number of aryl methyl sites for hydroxylation is 1. The van der Waals surface area contributed by atoms with E-state index in [0.29, 0.717) is 25.2 Å². The standard InChI is InChI=1S/C30H29N5O/c1-19-13-27-32-16-23-14-22(20-5-3-2-4-6-20)15-26(33-28(23)35(27)34-19)21-7-9-24(10-8-21)29(31)17-30(36,18-29)25-11-12-25/h2-10,13-14,16,25,36H,11-12,15,17-18,31H2,1H3. The van der Waals surface area contributed by atoms with Gasteiger partial charge in [-0.3, -0.25) is 0 Å². The lowest BCUT2D eigenvalue weighted by Crippen LogP contribution is -2.60. The molecule has 0 radical (unpaired) electrons. The summed E-state index contributed by atoms with van der Waals surface area (Å²) in [5.41, 5.74) is 13.8. The maximum Gasteiger partial charge on any atom is 0.164 e. The Kier molecular flexibility index (Phi) is 4.63. The van der Waals surface area contributed by atoms with Gasteiger partial charge in [-0.15, -0.1) is 0 Å². The predicted octanol–water partition coefficient (Wildman–Crippen LogP) is 5.19. The minimum atomic E-state index is -0.570. The Morgan fingerprint density at radius 1 is 1.00 bits per heavy atom. The molecular formula is C30H29N5O. The highest BCUT2D eigenvalue weighted by Crippen LogP contribution is 2.57. The molecular weight excluding hydrogens is 446 g/mol. The molecule has 2 aliphatic carbocycles. The minimum Gasteiger partial charge on any atom is -0.389 e. The van der Waals surface area contributed by atoms with Crippen LogP contribution in [0.1, 0.15) is 60.1 Å². The molecule has 2 fully saturated rings. The third kappa shape index (κ3) is 3.52. The summed E-state index contributed by atoms with van der Waals surface area (Å²) in [6.45, 7) is 1.97. The molecule has 180 valence electrons. The van der Waals surface area contributed by atoms with Gasteiger partial charge in [-0.05, 0) is 66.9 Å². The molecule has 2 saturated carbocycles. The van der Waals surface area contributed by atoms with Crippen LogP contribution in [0, 0.1) is 12.8 Å². The van der Waals surface area contributed by atoms with Crippen molar-refractivity contribution in [2.45, 2.75) is 50.2 Å². The second-order valence-corrected chi connectivity index (χ2v) is 10.8. The van der Waals surface area contributed by atoms with Gasteiger partial charge in [0.15, 0.2) is 11.5 Å². The molecule has 6 nitrogen and oxygen atoms in total. The Balaban J connectivity index is 1.29. The number of nitrogens with two attached hydrogens (primary N) is 1. The summed E-state index contributed by atoms with van der Waals surface area (Å²) in [6.07, 6.45) is 8.30. The van der Waals surface area contributed by atoms with Gasteiger partial charge in [-0.1, -0.05) is 54.6 Å². The lowest BCUT2D eigenvalue weighted by molar-refractivity contribution is -0.106. The largest absolute Gasteiger partial charge is 0.389 e. The number of fused-ring (bicyclic) bond motifs is 3. The predicted molar refractivity (Wildman–Crippen MR) is 142 cm³/mol. The van der Waals surface area contributed by atoms with Crippen LogP contribution in [0.2, 0.25) is 0 Å². The molecule has 0 amide bonds. The summed E-state index contributed by atoms with van der Waals surface area (Å²) >= 11 is 0. The van der Waals surface area contributed by atoms with E-state index in [-0.39, 0.29) is 0 Å². The topological polar surface area (TPSA) is 88.8 Å². The van der Waals surface area contributed by atoms with Crippen LogP contribution in [0.3, 0.4) is 0 Å². The van der Waals surface area contributed by atoms with Crippen LogP contribution >= 0.6 is 0 Å². The fraction of sp³-hybridized carbons (Fsp3) is 0.300. The first-order valence-electron chi connectivity index (χ1n) is 12.7. The second-order valence-electron chi connectivity index (χ2n) is 10.8. The number of aliphatic imine (C=N–C) groups is 1. The molecule has 2 aromatic heterocycles. The fourth-order valence-corrected chi connectivity index (χ4v) is 6.00. The molecule has 3 heterocycles. The quantitative estimate of drug-likeness (QED) is 0.425. The molecule has 4 aromatic rings. The van der Waals surface area contributed by atoms with Crippen molar-refractivity contribution in [3.63, 3.8) is 0 Å². The molecule has 0 saturated heterocycles. The highest BCUT2D eigenvalue weighted by atomic mass is 16.3. The van der Waals surface area contributed by atoms with Crippen LogP contribution in [0.4, 0.5) is 5.82 Å². The lowest BCUT2D eigenvalue weighted by atomic mass is 9.60. The van der Waals surface area contributed by atoms with Crippen molar-refractivity contribution in [1.29, 1.82) is 0 Å². The van der Waals surface area contributed by atoms with Crippen LogP contribution in [0.25, 0.3) is 17.3 Å². The van der Waals surface area contributed by atoms with E-state index in [1.807, 2.05) is 29.8 Å². The molecule has 3 N–H and O–H groups in total. The maximum absolute atomic E-state index is 10.8. The number of hydrogen-bond acceptors (Lipinski definition) is 5. The van der Waals surface area contributed by atoms with E-state index >= 15 is 0 Å². The first-order valence-corrected chi connectivity index (χ1v) is 12.7. The Bertz CT molecular complexity index is 1540. The van der Waals surface area contributed by atoms with Crippen molar-refractivity contribution in [2.24, 2.45) is 16.6 Å². The Labute approximate surface area is 210 Å². The molecule has 36 heavy (non-hydrogen) atoms. The van der Waals surface area contributed by atoms with Gasteiger partial charge in [-0.25, -0.2) is 9.98 Å². The molecule has 3 aliphatic rings. The van der Waals surface area contributed by atoms with Crippen LogP contribution in [-0.4, -0.2) is 31.0 Å². The highest BCUT2D eigenvalue weighted by Gasteiger charge is 2.58. The summed E-state index contributed by atoms with van der Waals surface area (Å²) < 4.78 is 1.84. The van der Waals surface area contributed by atoms with Gasteiger partial charge < -0.3 is 10.8 Å². The third-order valence-corrected chi connectivity index (χ3v) is 8.05. The molecule has 2 aromatic carbocycles. The Morgan fingerprint density at radius 3 is 2.47 bits per heavy atom. The van der Waals surface area contributed by atoms with Gasteiger partial charge in [0.2, 0.25) is 0 Å². The molecule has 0 spiro atoms. The number of benzene rings is 2. The number of aromatic nitrogens is 3. The van der Waals surface area contributed by atoms with Crippen LogP contribution in [0.5, 0.6) is 0 Å². The van der Waals surface area contributed by atoms with Crippen molar-refractivity contribution in [3.8, 4) is 0 Å². The maximum atomic E-state index is 10.8. The molecule has 7 rings (SSSR count). The molecule has 0 unspecified atom stereocenters. The second kappa shape index (κ2) is 7.69. The monoisotopic (exact) mass is 475 g/mol. The smallest absolute Gasteiger partial charge is 0.164 e. The van der Waals surface area contributed by atoms with Crippen molar-refractivity contribution in [2.75, 3.05) is 0 Å². The molecule has 6 heteroatoms. The lowest BCUT2D eigenvalue weighted by Gasteiger charge is -2.52. The SMILES string of the molecule is Cc1cc2ncc3c(n2n1)N=C(c1ccc(C2(N)CC(O)(C4CC4)C2)cc1)CC(c1ccccc1)=C3. The number of hydrogen-bond donors (Lipinski definition) is 2. The Morgan fingerprint density at radius 2 is 1.75 bits per heavy atom. The first kappa shape index (κ1) is 21.7. The van der Waals surface area contributed by atoms with Gasteiger partial charge in [0.05, 0.1) is 17.0 Å². The van der Waals surface area contributed by atoms with Gasteiger partial charge in [0.25, 0.3) is 0 Å². The number of rotatable bonds is 4. The summed E-state index contributed by atoms with van der Waals surface area (Å²) in [7, 11) is 0. The fourth-order valence-electron chi connectivity index (χ4n) is 6.00. The van der Waals surface area contributed by atoms with E-state index in [1.54, 1.807) is 0 Å². The van der Waals surface area contributed by atoms with Gasteiger partial charge in [0.1, 0.15) is 0 Å².